The fourth-order valence-electron chi connectivity index (χ4n) is 2.87. The van der Waals surface area contributed by atoms with Crippen LogP contribution in [0.15, 0.2) is 30.3 Å². The quantitative estimate of drug-likeness (QED) is 0.810. The van der Waals surface area contributed by atoms with Crippen LogP contribution in [0, 0.1) is 11.8 Å². The highest BCUT2D eigenvalue weighted by Gasteiger charge is 2.31. The van der Waals surface area contributed by atoms with Gasteiger partial charge >= 0.3 is 0 Å². The Hall–Kier alpha value is -0.860. The molecule has 1 aromatic carbocycles. The molecule has 1 aromatic rings. The van der Waals surface area contributed by atoms with Crippen LogP contribution in [-0.4, -0.2) is 28.6 Å². The first-order valence-corrected chi connectivity index (χ1v) is 7.83. The van der Waals surface area contributed by atoms with Gasteiger partial charge in [0.2, 0.25) is 0 Å². The summed E-state index contributed by atoms with van der Waals surface area (Å²) in [4.78, 5) is 2.45. The number of hydrogen-bond donors (Lipinski definition) is 1. The second-order valence-corrected chi connectivity index (χ2v) is 6.77. The van der Waals surface area contributed by atoms with E-state index >= 15 is 0 Å². The van der Waals surface area contributed by atoms with Crippen LogP contribution in [-0.2, 0) is 0 Å². The van der Waals surface area contributed by atoms with E-state index < -0.39 is 6.10 Å². The zero-order valence-electron chi connectivity index (χ0n) is 13.9. The van der Waals surface area contributed by atoms with Crippen LogP contribution < -0.4 is 0 Å². The van der Waals surface area contributed by atoms with Crippen LogP contribution in [0.3, 0.4) is 0 Å². The Bertz CT molecular complexity index is 372. The third-order valence-corrected chi connectivity index (χ3v) is 3.77. The molecule has 0 spiro atoms. The normalized spacial score (nSPS) is 15.3. The highest BCUT2D eigenvalue weighted by Crippen LogP contribution is 2.28. The molecule has 0 fully saturated rings. The second-order valence-electron chi connectivity index (χ2n) is 6.77. The highest BCUT2D eigenvalue weighted by molar-refractivity contribution is 5.19. The van der Waals surface area contributed by atoms with Crippen LogP contribution in [0.1, 0.15) is 53.2 Å². The third-order valence-electron chi connectivity index (χ3n) is 3.77. The molecule has 0 saturated carbocycles. The molecule has 1 N–H and O–H groups in total. The van der Waals surface area contributed by atoms with Gasteiger partial charge in [-0.3, -0.25) is 4.90 Å². The average molecular weight is 277 g/mol. The lowest BCUT2D eigenvalue weighted by molar-refractivity contribution is -0.000416. The van der Waals surface area contributed by atoms with Crippen molar-refractivity contribution in [2.24, 2.45) is 11.8 Å². The molecule has 0 bridgehead atoms. The molecule has 0 saturated heterocycles. The van der Waals surface area contributed by atoms with Crippen LogP contribution >= 0.6 is 0 Å². The fraction of sp³-hybridized carbons (Fsp3) is 0.667. The van der Waals surface area contributed by atoms with Gasteiger partial charge in [-0.25, -0.2) is 0 Å². The smallest absolute Gasteiger partial charge is 0.0947 e. The maximum atomic E-state index is 10.8. The number of nitrogens with zero attached hydrogens (tertiary/aromatic N) is 1. The first-order valence-electron chi connectivity index (χ1n) is 7.83. The van der Waals surface area contributed by atoms with Crippen molar-refractivity contribution in [2.45, 2.75) is 59.7 Å². The Kier molecular flexibility index (Phi) is 6.70. The Labute approximate surface area is 124 Å². The summed E-state index contributed by atoms with van der Waals surface area (Å²) in [7, 11) is 0. The summed E-state index contributed by atoms with van der Waals surface area (Å²) >= 11 is 0. The first-order chi connectivity index (χ1) is 9.34. The average Bonchev–Trinajstić information content (AvgIpc) is 2.37. The zero-order chi connectivity index (χ0) is 15.3. The van der Waals surface area contributed by atoms with Crippen molar-refractivity contribution in [3.05, 3.63) is 35.9 Å². The molecule has 0 radical (unpaired) electrons. The summed E-state index contributed by atoms with van der Waals surface area (Å²) in [5.41, 5.74) is 1.01. The molecule has 0 aliphatic carbocycles. The Morgan fingerprint density at radius 2 is 1.50 bits per heavy atom. The van der Waals surface area contributed by atoms with Gasteiger partial charge in [-0.1, -0.05) is 58.0 Å². The lowest BCUT2D eigenvalue weighted by atomic mass is 9.90. The number of benzene rings is 1. The van der Waals surface area contributed by atoms with Crippen LogP contribution in [0.25, 0.3) is 0 Å². The number of aliphatic hydroxyl groups is 1. The van der Waals surface area contributed by atoms with E-state index in [1.165, 1.54) is 0 Å². The third kappa shape index (κ3) is 4.60. The Morgan fingerprint density at radius 3 is 1.90 bits per heavy atom. The van der Waals surface area contributed by atoms with Crippen molar-refractivity contribution in [1.29, 1.82) is 0 Å². The van der Waals surface area contributed by atoms with Crippen molar-refractivity contribution in [2.75, 3.05) is 6.54 Å². The van der Waals surface area contributed by atoms with Gasteiger partial charge in [-0.15, -0.1) is 0 Å². The topological polar surface area (TPSA) is 23.5 Å². The summed E-state index contributed by atoms with van der Waals surface area (Å²) in [5, 5.41) is 10.8. The first kappa shape index (κ1) is 17.2. The Balaban J connectivity index is 3.02. The van der Waals surface area contributed by atoms with E-state index in [4.69, 9.17) is 0 Å². The molecule has 2 nitrogen and oxygen atoms in total. The van der Waals surface area contributed by atoms with Gasteiger partial charge in [0.05, 0.1) is 6.10 Å². The fourth-order valence-corrected chi connectivity index (χ4v) is 2.87. The van der Waals surface area contributed by atoms with Crippen molar-refractivity contribution in [3.8, 4) is 0 Å². The molecule has 114 valence electrons. The molecular formula is C18H31NO. The van der Waals surface area contributed by atoms with E-state index in [9.17, 15) is 5.11 Å². The second kappa shape index (κ2) is 7.80. The predicted octanol–water partition coefficient (Wildman–Crippen LogP) is 4.11. The number of aliphatic hydroxyl groups excluding tert-OH is 1. The molecular weight excluding hydrogens is 246 g/mol. The van der Waals surface area contributed by atoms with Crippen LogP contribution in [0.5, 0.6) is 0 Å². The summed E-state index contributed by atoms with van der Waals surface area (Å²) in [6, 6.07) is 10.6. The summed E-state index contributed by atoms with van der Waals surface area (Å²) in [6.45, 7) is 14.3. The van der Waals surface area contributed by atoms with Crippen molar-refractivity contribution >= 4 is 0 Å². The van der Waals surface area contributed by atoms with Crippen molar-refractivity contribution in [1.82, 2.24) is 4.90 Å². The van der Waals surface area contributed by atoms with Gasteiger partial charge in [0.25, 0.3) is 0 Å². The number of hydrogen-bond acceptors (Lipinski definition) is 2. The molecule has 20 heavy (non-hydrogen) atoms. The molecule has 2 unspecified atom stereocenters. The Morgan fingerprint density at radius 1 is 0.950 bits per heavy atom. The van der Waals surface area contributed by atoms with E-state index in [0.29, 0.717) is 17.9 Å². The summed E-state index contributed by atoms with van der Waals surface area (Å²) < 4.78 is 0. The predicted molar refractivity (Wildman–Crippen MR) is 86.7 cm³/mol. The molecule has 0 aliphatic heterocycles. The molecule has 2 heteroatoms. The minimum Gasteiger partial charge on any atom is -0.387 e. The maximum absolute atomic E-state index is 10.8. The number of rotatable bonds is 7. The van der Waals surface area contributed by atoms with Gasteiger partial charge < -0.3 is 5.11 Å². The highest BCUT2D eigenvalue weighted by atomic mass is 16.3. The van der Waals surface area contributed by atoms with Crippen molar-refractivity contribution < 1.29 is 5.11 Å². The largest absolute Gasteiger partial charge is 0.387 e. The minimum atomic E-state index is -0.433. The monoisotopic (exact) mass is 277 g/mol. The maximum Gasteiger partial charge on any atom is 0.0947 e. The van der Waals surface area contributed by atoms with E-state index in [2.05, 4.69) is 46.4 Å². The summed E-state index contributed by atoms with van der Waals surface area (Å²) in [6.07, 6.45) is -0.433. The van der Waals surface area contributed by atoms with Gasteiger partial charge in [0.1, 0.15) is 0 Å². The lowest BCUT2D eigenvalue weighted by Crippen LogP contribution is -2.48. The van der Waals surface area contributed by atoms with E-state index in [1.54, 1.807) is 0 Å². The molecule has 0 aromatic heterocycles. The zero-order valence-corrected chi connectivity index (χ0v) is 13.9. The van der Waals surface area contributed by atoms with Gasteiger partial charge in [-0.2, -0.15) is 0 Å². The van der Waals surface area contributed by atoms with Crippen LogP contribution in [0.4, 0.5) is 0 Å². The molecule has 0 amide bonds. The van der Waals surface area contributed by atoms with Gasteiger partial charge in [-0.05, 0) is 31.2 Å². The molecule has 1 rings (SSSR count). The SMILES string of the molecule is CC(C)CN(C(C)C)C(C(C)C)C(O)c1ccccc1. The van der Waals surface area contributed by atoms with Gasteiger partial charge in [0, 0.05) is 18.6 Å². The lowest BCUT2D eigenvalue weighted by Gasteiger charge is -2.41. The summed E-state index contributed by atoms with van der Waals surface area (Å²) in [5.74, 6) is 1.01. The van der Waals surface area contributed by atoms with E-state index in [0.717, 1.165) is 12.1 Å². The minimum absolute atomic E-state index is 0.153. The van der Waals surface area contributed by atoms with Crippen LogP contribution in [0.2, 0.25) is 0 Å². The molecule has 0 heterocycles. The van der Waals surface area contributed by atoms with Crippen molar-refractivity contribution in [3.63, 3.8) is 0 Å². The molecule has 2 atom stereocenters. The van der Waals surface area contributed by atoms with E-state index in [1.807, 2.05) is 30.3 Å². The molecule has 0 aliphatic rings. The van der Waals surface area contributed by atoms with E-state index in [-0.39, 0.29) is 6.04 Å². The standard InChI is InChI=1S/C18H31NO/c1-13(2)12-19(15(5)6)17(14(3)4)18(20)16-10-8-7-9-11-16/h7-11,13-15,17-18,20H,12H2,1-6H3. The van der Waals surface area contributed by atoms with Gasteiger partial charge in [0.15, 0.2) is 0 Å².